The Kier molecular flexibility index (Phi) is 5.83. The number of methoxy groups -OCH3 is 1. The third kappa shape index (κ3) is 4.49. The maximum absolute atomic E-state index is 14.8. The van der Waals surface area contributed by atoms with Crippen molar-refractivity contribution in [3.8, 4) is 11.1 Å². The van der Waals surface area contributed by atoms with Gasteiger partial charge in [-0.25, -0.2) is 19.0 Å². The van der Waals surface area contributed by atoms with E-state index in [1.54, 1.807) is 36.8 Å². The zero-order valence-corrected chi connectivity index (χ0v) is 16.7. The van der Waals surface area contributed by atoms with E-state index < -0.39 is 24.1 Å². The Balaban J connectivity index is 1.45. The minimum absolute atomic E-state index is 0.102. The Morgan fingerprint density at radius 1 is 1.39 bits per heavy atom. The highest BCUT2D eigenvalue weighted by Crippen LogP contribution is 2.29. The highest BCUT2D eigenvalue weighted by atomic mass is 19.1. The first kappa shape index (κ1) is 20.4. The van der Waals surface area contributed by atoms with Gasteiger partial charge in [-0.15, -0.1) is 0 Å². The number of rotatable bonds is 5. The summed E-state index contributed by atoms with van der Waals surface area (Å²) in [5.74, 6) is 0.233. The van der Waals surface area contributed by atoms with Crippen LogP contribution < -0.4 is 20.5 Å². The Morgan fingerprint density at radius 3 is 2.94 bits per heavy atom. The lowest BCUT2D eigenvalue weighted by atomic mass is 10.1. The van der Waals surface area contributed by atoms with Crippen LogP contribution in [-0.4, -0.2) is 62.9 Å². The van der Waals surface area contributed by atoms with Gasteiger partial charge in [0.25, 0.3) is 0 Å². The standard InChI is InChI=1S/C20H21FN6O4/c1-30-19(28)23-10-15-11-27(20(29)31-15)14-3-4-16(17(21)8-14)13-2-5-18(22-9-13)26-7-6-24-25-12-26/h2-5,8-9,12,15,24H,6-7,10-11H2,1H3,(H,23,28)/t15-/m0/s1. The SMILES string of the molecule is COC(=O)NC[C@H]1CN(c2ccc(-c3ccc(N4C=NNCC4)nc3)c(F)c2)C(=O)O1. The number of benzene rings is 1. The van der Waals surface area contributed by atoms with Crippen molar-refractivity contribution in [2.45, 2.75) is 6.10 Å². The van der Waals surface area contributed by atoms with Gasteiger partial charge >= 0.3 is 12.2 Å². The van der Waals surface area contributed by atoms with Gasteiger partial charge in [0.1, 0.15) is 24.1 Å². The lowest BCUT2D eigenvalue weighted by molar-refractivity contribution is 0.132. The molecule has 2 amide bonds. The van der Waals surface area contributed by atoms with Gasteiger partial charge in [-0.1, -0.05) is 0 Å². The molecule has 11 heteroatoms. The molecule has 0 radical (unpaired) electrons. The molecule has 3 heterocycles. The Morgan fingerprint density at radius 2 is 2.26 bits per heavy atom. The predicted molar refractivity (Wildman–Crippen MR) is 111 cm³/mol. The van der Waals surface area contributed by atoms with Gasteiger partial charge < -0.3 is 25.1 Å². The van der Waals surface area contributed by atoms with Gasteiger partial charge in [0.15, 0.2) is 0 Å². The molecule has 0 saturated carbocycles. The number of hydrogen-bond acceptors (Lipinski definition) is 8. The summed E-state index contributed by atoms with van der Waals surface area (Å²) in [6.45, 7) is 1.74. The smallest absolute Gasteiger partial charge is 0.414 e. The molecule has 1 atom stereocenters. The van der Waals surface area contributed by atoms with Crippen LogP contribution in [0.25, 0.3) is 11.1 Å². The molecule has 1 aromatic carbocycles. The average Bonchev–Trinajstić information content (AvgIpc) is 3.18. The molecule has 0 aliphatic carbocycles. The molecule has 1 saturated heterocycles. The number of cyclic esters (lactones) is 1. The fourth-order valence-electron chi connectivity index (χ4n) is 3.31. The van der Waals surface area contributed by atoms with Crippen LogP contribution in [0.3, 0.4) is 0 Å². The molecule has 2 aliphatic rings. The summed E-state index contributed by atoms with van der Waals surface area (Å²) in [7, 11) is 1.25. The quantitative estimate of drug-likeness (QED) is 0.749. The Labute approximate surface area is 177 Å². The molecule has 0 spiro atoms. The number of carbonyl (C=O) groups excluding carboxylic acids is 2. The van der Waals surface area contributed by atoms with Crippen LogP contribution in [0.5, 0.6) is 0 Å². The number of carbonyl (C=O) groups is 2. The highest BCUT2D eigenvalue weighted by Gasteiger charge is 2.33. The van der Waals surface area contributed by atoms with Crippen molar-refractivity contribution in [1.29, 1.82) is 0 Å². The van der Waals surface area contributed by atoms with Gasteiger partial charge in [0.05, 0.1) is 32.4 Å². The van der Waals surface area contributed by atoms with Gasteiger partial charge in [0, 0.05) is 23.9 Å². The van der Waals surface area contributed by atoms with Crippen molar-refractivity contribution in [3.63, 3.8) is 0 Å². The maximum atomic E-state index is 14.8. The molecule has 0 unspecified atom stereocenters. The van der Waals surface area contributed by atoms with E-state index in [9.17, 15) is 14.0 Å². The van der Waals surface area contributed by atoms with Crippen LogP contribution >= 0.6 is 0 Å². The minimum atomic E-state index is -0.617. The topological polar surface area (TPSA) is 108 Å². The second-order valence-electron chi connectivity index (χ2n) is 6.90. The summed E-state index contributed by atoms with van der Waals surface area (Å²) in [5, 5.41) is 6.47. The number of ether oxygens (including phenoxy) is 2. The summed E-state index contributed by atoms with van der Waals surface area (Å²) in [4.78, 5) is 30.9. The Bertz CT molecular complexity index is 1000. The predicted octanol–water partition coefficient (Wildman–Crippen LogP) is 1.92. The molecule has 0 bridgehead atoms. The minimum Gasteiger partial charge on any atom is -0.453 e. The lowest BCUT2D eigenvalue weighted by Gasteiger charge is -2.21. The third-order valence-corrected chi connectivity index (χ3v) is 4.90. The number of nitrogens with one attached hydrogen (secondary N) is 2. The van der Waals surface area contributed by atoms with E-state index in [0.29, 0.717) is 23.4 Å². The van der Waals surface area contributed by atoms with E-state index >= 15 is 0 Å². The zero-order chi connectivity index (χ0) is 21.8. The molecular formula is C20H21FN6O4. The second-order valence-corrected chi connectivity index (χ2v) is 6.90. The molecule has 162 valence electrons. The van der Waals surface area contributed by atoms with Crippen LogP contribution in [-0.2, 0) is 9.47 Å². The number of pyridine rings is 1. The van der Waals surface area contributed by atoms with Crippen molar-refractivity contribution >= 4 is 30.0 Å². The molecule has 1 aromatic heterocycles. The maximum Gasteiger partial charge on any atom is 0.414 e. The fraction of sp³-hybridized carbons (Fsp3) is 0.300. The van der Waals surface area contributed by atoms with Crippen LogP contribution in [0, 0.1) is 5.82 Å². The zero-order valence-electron chi connectivity index (χ0n) is 16.7. The number of halogens is 1. The van der Waals surface area contributed by atoms with Crippen molar-refractivity contribution in [3.05, 3.63) is 42.3 Å². The molecule has 1 fully saturated rings. The first-order chi connectivity index (χ1) is 15.0. The van der Waals surface area contributed by atoms with Gasteiger partial charge in [-0.2, -0.15) is 5.10 Å². The average molecular weight is 428 g/mol. The van der Waals surface area contributed by atoms with E-state index in [0.717, 1.165) is 12.4 Å². The summed E-state index contributed by atoms with van der Waals surface area (Å²) in [5.41, 5.74) is 4.22. The second kappa shape index (κ2) is 8.86. The molecule has 31 heavy (non-hydrogen) atoms. The molecule has 10 nitrogen and oxygen atoms in total. The van der Waals surface area contributed by atoms with Crippen molar-refractivity contribution < 1.29 is 23.5 Å². The van der Waals surface area contributed by atoms with Crippen LogP contribution in [0.15, 0.2) is 41.6 Å². The summed E-state index contributed by atoms with van der Waals surface area (Å²) in [6, 6.07) is 8.11. The fourth-order valence-corrected chi connectivity index (χ4v) is 3.31. The van der Waals surface area contributed by atoms with Crippen molar-refractivity contribution in [1.82, 2.24) is 15.7 Å². The number of amides is 2. The van der Waals surface area contributed by atoms with E-state index in [4.69, 9.17) is 4.74 Å². The highest BCUT2D eigenvalue weighted by molar-refractivity contribution is 5.90. The first-order valence-corrected chi connectivity index (χ1v) is 9.64. The van der Waals surface area contributed by atoms with E-state index in [-0.39, 0.29) is 13.1 Å². The number of hydrazone groups is 1. The van der Waals surface area contributed by atoms with E-state index in [1.807, 2.05) is 4.90 Å². The number of anilines is 2. The molecule has 2 aromatic rings. The third-order valence-electron chi connectivity index (χ3n) is 4.90. The number of aromatic nitrogens is 1. The number of alkyl carbamates (subject to hydrolysis) is 1. The first-order valence-electron chi connectivity index (χ1n) is 9.64. The molecular weight excluding hydrogens is 407 g/mol. The van der Waals surface area contributed by atoms with E-state index in [1.165, 1.54) is 18.1 Å². The number of hydrogen-bond donors (Lipinski definition) is 2. The monoisotopic (exact) mass is 428 g/mol. The summed E-state index contributed by atoms with van der Waals surface area (Å²) in [6.07, 6.45) is 1.48. The Hall–Kier alpha value is -3.89. The van der Waals surface area contributed by atoms with Crippen LogP contribution in [0.2, 0.25) is 0 Å². The summed E-state index contributed by atoms with van der Waals surface area (Å²) < 4.78 is 24.6. The molecule has 4 rings (SSSR count). The lowest BCUT2D eigenvalue weighted by Crippen LogP contribution is -2.35. The van der Waals surface area contributed by atoms with Gasteiger partial charge in [0.2, 0.25) is 0 Å². The largest absolute Gasteiger partial charge is 0.453 e. The van der Waals surface area contributed by atoms with Gasteiger partial charge in [-0.3, -0.25) is 4.90 Å². The normalized spacial score (nSPS) is 17.9. The van der Waals surface area contributed by atoms with Crippen molar-refractivity contribution in [2.75, 3.05) is 43.1 Å². The van der Waals surface area contributed by atoms with Crippen LogP contribution in [0.4, 0.5) is 25.5 Å². The molecule has 2 aliphatic heterocycles. The van der Waals surface area contributed by atoms with E-state index in [2.05, 4.69) is 25.6 Å². The number of nitrogens with zero attached hydrogens (tertiary/aromatic N) is 4. The van der Waals surface area contributed by atoms with Crippen molar-refractivity contribution in [2.24, 2.45) is 5.10 Å². The summed E-state index contributed by atoms with van der Waals surface area (Å²) >= 11 is 0. The van der Waals surface area contributed by atoms with Crippen LogP contribution in [0.1, 0.15) is 0 Å². The molecule has 2 N–H and O–H groups in total. The van der Waals surface area contributed by atoms with Gasteiger partial charge in [-0.05, 0) is 30.3 Å².